The second kappa shape index (κ2) is 6.63. The van der Waals surface area contributed by atoms with Crippen LogP contribution < -0.4 is 0 Å². The van der Waals surface area contributed by atoms with Gasteiger partial charge in [0, 0.05) is 19.7 Å². The van der Waals surface area contributed by atoms with Crippen molar-refractivity contribution in [2.75, 3.05) is 19.7 Å². The van der Waals surface area contributed by atoms with Gasteiger partial charge >= 0.3 is 0 Å². The standard InChI is InChI=1S/C18H31NOSi/c1-18(2,3)21(4,5)20-15-17-11-12-19(14-17)13-16-9-7-6-8-10-16/h6-10,17H,11-15H2,1-5H3. The summed E-state index contributed by atoms with van der Waals surface area (Å²) in [5.41, 5.74) is 1.42. The summed E-state index contributed by atoms with van der Waals surface area (Å²) >= 11 is 0. The molecule has 0 radical (unpaired) electrons. The Labute approximate surface area is 131 Å². The van der Waals surface area contributed by atoms with Crippen LogP contribution in [0.3, 0.4) is 0 Å². The Hall–Kier alpha value is -0.643. The second-order valence-corrected chi connectivity index (χ2v) is 12.8. The Morgan fingerprint density at radius 2 is 1.86 bits per heavy atom. The average molecular weight is 306 g/mol. The number of hydrogen-bond acceptors (Lipinski definition) is 2. The molecule has 3 heteroatoms. The molecule has 0 spiro atoms. The van der Waals surface area contributed by atoms with Gasteiger partial charge < -0.3 is 4.43 Å². The summed E-state index contributed by atoms with van der Waals surface area (Å²) in [6.07, 6.45) is 1.28. The van der Waals surface area contributed by atoms with Crippen LogP contribution in [0.25, 0.3) is 0 Å². The lowest BCUT2D eigenvalue weighted by atomic mass is 10.1. The van der Waals surface area contributed by atoms with Crippen molar-refractivity contribution in [3.05, 3.63) is 35.9 Å². The van der Waals surface area contributed by atoms with Gasteiger partial charge in [-0.15, -0.1) is 0 Å². The van der Waals surface area contributed by atoms with Crippen molar-refractivity contribution in [3.8, 4) is 0 Å². The number of hydrogen-bond donors (Lipinski definition) is 0. The van der Waals surface area contributed by atoms with Crippen LogP contribution in [0.2, 0.25) is 18.1 Å². The van der Waals surface area contributed by atoms with E-state index in [4.69, 9.17) is 4.43 Å². The molecule has 1 aliphatic rings. The zero-order chi connectivity index (χ0) is 15.5. The largest absolute Gasteiger partial charge is 0.416 e. The zero-order valence-electron chi connectivity index (χ0n) is 14.4. The van der Waals surface area contributed by atoms with Gasteiger partial charge in [0.1, 0.15) is 0 Å². The summed E-state index contributed by atoms with van der Waals surface area (Å²) in [5.74, 6) is 0.711. The third kappa shape index (κ3) is 4.66. The molecule has 0 N–H and O–H groups in total. The summed E-state index contributed by atoms with van der Waals surface area (Å²) in [5, 5.41) is 0.315. The molecule has 1 saturated heterocycles. The van der Waals surface area contributed by atoms with Crippen molar-refractivity contribution in [2.24, 2.45) is 5.92 Å². The number of nitrogens with zero attached hydrogens (tertiary/aromatic N) is 1. The van der Waals surface area contributed by atoms with Crippen molar-refractivity contribution >= 4 is 8.32 Å². The maximum absolute atomic E-state index is 6.39. The highest BCUT2D eigenvalue weighted by molar-refractivity contribution is 6.74. The van der Waals surface area contributed by atoms with E-state index in [1.807, 2.05) is 0 Å². The van der Waals surface area contributed by atoms with Gasteiger partial charge in [-0.25, -0.2) is 0 Å². The second-order valence-electron chi connectivity index (χ2n) is 7.95. The molecule has 1 aliphatic heterocycles. The van der Waals surface area contributed by atoms with E-state index >= 15 is 0 Å². The molecule has 0 bridgehead atoms. The minimum atomic E-state index is -1.59. The Morgan fingerprint density at radius 1 is 1.19 bits per heavy atom. The highest BCUT2D eigenvalue weighted by Crippen LogP contribution is 2.37. The first-order chi connectivity index (χ1) is 9.78. The first-order valence-corrected chi connectivity index (χ1v) is 11.1. The molecule has 1 atom stereocenters. The van der Waals surface area contributed by atoms with Crippen molar-refractivity contribution in [1.29, 1.82) is 0 Å². The van der Waals surface area contributed by atoms with Gasteiger partial charge in [-0.1, -0.05) is 51.1 Å². The molecular weight excluding hydrogens is 274 g/mol. The minimum absolute atomic E-state index is 0.315. The Morgan fingerprint density at radius 3 is 2.48 bits per heavy atom. The lowest BCUT2D eigenvalue weighted by molar-refractivity contribution is 0.221. The number of benzene rings is 1. The minimum Gasteiger partial charge on any atom is -0.416 e. The topological polar surface area (TPSA) is 12.5 Å². The van der Waals surface area contributed by atoms with Gasteiger partial charge in [0.25, 0.3) is 0 Å². The fourth-order valence-electron chi connectivity index (χ4n) is 2.58. The van der Waals surface area contributed by atoms with E-state index in [9.17, 15) is 0 Å². The van der Waals surface area contributed by atoms with Crippen molar-refractivity contribution < 1.29 is 4.43 Å². The monoisotopic (exact) mass is 305 g/mol. The molecule has 118 valence electrons. The van der Waals surface area contributed by atoms with Crippen LogP contribution in [0.1, 0.15) is 32.8 Å². The molecule has 0 aromatic heterocycles. The predicted molar refractivity (Wildman–Crippen MR) is 93.0 cm³/mol. The van der Waals surface area contributed by atoms with Crippen molar-refractivity contribution in [2.45, 2.75) is 51.9 Å². The van der Waals surface area contributed by atoms with E-state index < -0.39 is 8.32 Å². The SMILES string of the molecule is CC(C)(C)[Si](C)(C)OCC1CCN(Cc2ccccc2)C1. The van der Waals surface area contributed by atoms with Crippen LogP contribution in [-0.2, 0) is 11.0 Å². The van der Waals surface area contributed by atoms with Crippen LogP contribution in [0.5, 0.6) is 0 Å². The Bertz CT molecular complexity index is 438. The van der Waals surface area contributed by atoms with Crippen molar-refractivity contribution in [1.82, 2.24) is 4.90 Å². The molecule has 0 amide bonds. The van der Waals surface area contributed by atoms with E-state index in [0.29, 0.717) is 11.0 Å². The van der Waals surface area contributed by atoms with E-state index in [-0.39, 0.29) is 0 Å². The number of rotatable bonds is 5. The van der Waals surface area contributed by atoms with Crippen molar-refractivity contribution in [3.63, 3.8) is 0 Å². The normalized spacial score (nSPS) is 20.9. The molecule has 21 heavy (non-hydrogen) atoms. The highest BCUT2D eigenvalue weighted by Gasteiger charge is 2.38. The molecule has 1 heterocycles. The number of likely N-dealkylation sites (tertiary alicyclic amines) is 1. The van der Waals surface area contributed by atoms with Gasteiger partial charge in [0.2, 0.25) is 0 Å². The summed E-state index contributed by atoms with van der Waals surface area (Å²) < 4.78 is 6.39. The zero-order valence-corrected chi connectivity index (χ0v) is 15.4. The van der Waals surface area contributed by atoms with Gasteiger partial charge in [0.05, 0.1) is 0 Å². The Balaban J connectivity index is 1.78. The molecule has 1 fully saturated rings. The molecule has 2 nitrogen and oxygen atoms in total. The quantitative estimate of drug-likeness (QED) is 0.741. The lowest BCUT2D eigenvalue weighted by Crippen LogP contribution is -2.42. The van der Waals surface area contributed by atoms with Gasteiger partial charge in [-0.2, -0.15) is 0 Å². The molecule has 1 unspecified atom stereocenters. The molecule has 1 aromatic rings. The third-order valence-corrected chi connectivity index (χ3v) is 9.61. The van der Waals surface area contributed by atoms with Crippen LogP contribution in [0.4, 0.5) is 0 Å². The smallest absolute Gasteiger partial charge is 0.191 e. The summed E-state index contributed by atoms with van der Waals surface area (Å²) in [6, 6.07) is 10.8. The van der Waals surface area contributed by atoms with E-state index in [0.717, 1.165) is 13.2 Å². The molecule has 1 aromatic carbocycles. The van der Waals surface area contributed by atoms with Crippen LogP contribution in [0.15, 0.2) is 30.3 Å². The van der Waals surface area contributed by atoms with Crippen LogP contribution in [-0.4, -0.2) is 32.9 Å². The first-order valence-electron chi connectivity index (χ1n) is 8.18. The van der Waals surface area contributed by atoms with Gasteiger partial charge in [0.15, 0.2) is 8.32 Å². The maximum Gasteiger partial charge on any atom is 0.191 e. The summed E-state index contributed by atoms with van der Waals surface area (Å²) in [4.78, 5) is 2.56. The lowest BCUT2D eigenvalue weighted by Gasteiger charge is -2.37. The maximum atomic E-state index is 6.39. The van der Waals surface area contributed by atoms with Gasteiger partial charge in [-0.3, -0.25) is 4.90 Å². The Kier molecular flexibility index (Phi) is 5.28. The summed E-state index contributed by atoms with van der Waals surface area (Å²) in [7, 11) is -1.59. The van der Waals surface area contributed by atoms with Crippen LogP contribution >= 0.6 is 0 Å². The average Bonchev–Trinajstić information content (AvgIpc) is 2.84. The van der Waals surface area contributed by atoms with E-state index in [1.54, 1.807) is 0 Å². The molecule has 2 rings (SSSR count). The third-order valence-electron chi connectivity index (χ3n) is 5.11. The fourth-order valence-corrected chi connectivity index (χ4v) is 3.66. The predicted octanol–water partition coefficient (Wildman–Crippen LogP) is 4.53. The van der Waals surface area contributed by atoms with E-state index in [1.165, 1.54) is 25.1 Å². The van der Waals surface area contributed by atoms with Gasteiger partial charge in [-0.05, 0) is 42.6 Å². The summed E-state index contributed by atoms with van der Waals surface area (Å²) in [6.45, 7) is 16.1. The fraction of sp³-hybridized carbons (Fsp3) is 0.667. The van der Waals surface area contributed by atoms with E-state index in [2.05, 4.69) is 69.1 Å². The van der Waals surface area contributed by atoms with Crippen LogP contribution in [0, 0.1) is 5.92 Å². The highest BCUT2D eigenvalue weighted by atomic mass is 28.4. The molecular formula is C18H31NOSi. The first kappa shape index (κ1) is 16.7. The molecule has 0 saturated carbocycles. The molecule has 0 aliphatic carbocycles.